The molecule has 0 aliphatic heterocycles. The molecule has 0 aliphatic rings. The van der Waals surface area contributed by atoms with E-state index < -0.39 is 0 Å². The summed E-state index contributed by atoms with van der Waals surface area (Å²) in [6, 6.07) is 0. The maximum absolute atomic E-state index is 6.87. The van der Waals surface area contributed by atoms with Gasteiger partial charge in [0.2, 0.25) is 0 Å². The molecule has 1 N–H and O–H groups in total. The smallest absolute Gasteiger partial charge is 0.0207 e. The normalized spacial score (nSPS) is 13.0. The minimum atomic E-state index is 0.592. The minimum absolute atomic E-state index is 0.592. The van der Waals surface area contributed by atoms with Crippen molar-refractivity contribution in [3.8, 4) is 0 Å². The first-order chi connectivity index (χ1) is 4.66. The molecule has 0 aliphatic carbocycles. The first-order valence-electron chi connectivity index (χ1n) is 3.52. The van der Waals surface area contributed by atoms with E-state index in [1.807, 2.05) is 19.1 Å². The number of nitrogens with one attached hydrogen (secondary N) is 1. The highest BCUT2D eigenvalue weighted by atomic mass is 14.3. The Hall–Kier alpha value is -0.850. The molecule has 0 radical (unpaired) electrons. The van der Waals surface area contributed by atoms with E-state index in [1.165, 1.54) is 6.21 Å². The molecule has 0 rings (SSSR count). The fraction of sp³-hybridized carbons (Fsp3) is 0.444. The van der Waals surface area contributed by atoms with Gasteiger partial charge in [-0.25, -0.2) is 0 Å². The van der Waals surface area contributed by atoms with E-state index in [4.69, 9.17) is 5.41 Å². The lowest BCUT2D eigenvalue weighted by Gasteiger charge is -1.90. The van der Waals surface area contributed by atoms with Gasteiger partial charge >= 0.3 is 0 Å². The van der Waals surface area contributed by atoms with Crippen molar-refractivity contribution in [1.29, 1.82) is 5.41 Å². The van der Waals surface area contributed by atoms with Crippen molar-refractivity contribution in [2.45, 2.75) is 20.8 Å². The van der Waals surface area contributed by atoms with E-state index in [2.05, 4.69) is 19.9 Å². The van der Waals surface area contributed by atoms with Crippen LogP contribution in [0.15, 0.2) is 23.8 Å². The Morgan fingerprint density at radius 1 is 1.40 bits per heavy atom. The van der Waals surface area contributed by atoms with Crippen LogP contribution in [-0.2, 0) is 0 Å². The Bertz CT molecular complexity index is 152. The first kappa shape index (κ1) is 9.15. The third-order valence-electron chi connectivity index (χ3n) is 1.08. The van der Waals surface area contributed by atoms with Crippen molar-refractivity contribution in [3.63, 3.8) is 0 Å². The van der Waals surface area contributed by atoms with Crippen molar-refractivity contribution in [2.24, 2.45) is 5.92 Å². The van der Waals surface area contributed by atoms with Gasteiger partial charge in [-0.15, -0.1) is 0 Å². The standard InChI is InChI=1S/C9H15N/c1-8(2)5-4-6-9(3)7-10/h4-8,10H,1-3H3/b5-4-,9-6-,10-7?. The monoisotopic (exact) mass is 137 g/mol. The first-order valence-corrected chi connectivity index (χ1v) is 3.52. The van der Waals surface area contributed by atoms with Crippen LogP contribution in [0.25, 0.3) is 0 Å². The van der Waals surface area contributed by atoms with Crippen molar-refractivity contribution >= 4 is 6.21 Å². The lowest BCUT2D eigenvalue weighted by Crippen LogP contribution is -1.76. The van der Waals surface area contributed by atoms with Gasteiger partial charge in [-0.1, -0.05) is 32.1 Å². The molecule has 56 valence electrons. The molecule has 0 unspecified atom stereocenters. The predicted octanol–water partition coefficient (Wildman–Crippen LogP) is 2.79. The van der Waals surface area contributed by atoms with E-state index in [1.54, 1.807) is 0 Å². The van der Waals surface area contributed by atoms with E-state index in [0.29, 0.717) is 5.92 Å². The Morgan fingerprint density at radius 2 is 2.00 bits per heavy atom. The summed E-state index contributed by atoms with van der Waals surface area (Å²) >= 11 is 0. The Labute approximate surface area is 63.0 Å². The molecule has 0 saturated heterocycles. The molecule has 0 atom stereocenters. The molecular weight excluding hydrogens is 122 g/mol. The second-order valence-corrected chi connectivity index (χ2v) is 2.68. The van der Waals surface area contributed by atoms with Crippen LogP contribution in [0.3, 0.4) is 0 Å². The summed E-state index contributed by atoms with van der Waals surface area (Å²) in [7, 11) is 0. The van der Waals surface area contributed by atoms with Gasteiger partial charge in [-0.05, 0) is 18.4 Å². The molecule has 0 aromatic carbocycles. The quantitative estimate of drug-likeness (QED) is 0.457. The number of hydrogen-bond donors (Lipinski definition) is 1. The van der Waals surface area contributed by atoms with E-state index >= 15 is 0 Å². The van der Waals surface area contributed by atoms with Crippen LogP contribution >= 0.6 is 0 Å². The fourth-order valence-corrected chi connectivity index (χ4v) is 0.478. The molecule has 0 aromatic rings. The molecular formula is C9H15N. The van der Waals surface area contributed by atoms with Crippen molar-refractivity contribution in [2.75, 3.05) is 0 Å². The number of hydrogen-bond acceptors (Lipinski definition) is 1. The SMILES string of the molecule is C/C(C=N)=C/C=C\C(C)C. The van der Waals surface area contributed by atoms with E-state index in [9.17, 15) is 0 Å². The third-order valence-corrected chi connectivity index (χ3v) is 1.08. The summed E-state index contributed by atoms with van der Waals surface area (Å²) in [5, 5.41) is 6.87. The van der Waals surface area contributed by atoms with Crippen LogP contribution in [0.1, 0.15) is 20.8 Å². The zero-order valence-corrected chi connectivity index (χ0v) is 6.89. The van der Waals surface area contributed by atoms with Crippen LogP contribution in [0.5, 0.6) is 0 Å². The van der Waals surface area contributed by atoms with Gasteiger partial charge in [0.05, 0.1) is 0 Å². The molecule has 0 heterocycles. The highest BCUT2D eigenvalue weighted by Gasteiger charge is 1.80. The Kier molecular flexibility index (Phi) is 4.55. The molecule has 1 nitrogen and oxygen atoms in total. The van der Waals surface area contributed by atoms with E-state index in [-0.39, 0.29) is 0 Å². The van der Waals surface area contributed by atoms with E-state index in [0.717, 1.165) is 5.57 Å². The number of rotatable bonds is 3. The van der Waals surface area contributed by atoms with Gasteiger partial charge in [0.1, 0.15) is 0 Å². The molecule has 0 spiro atoms. The average Bonchev–Trinajstić information content (AvgIpc) is 1.87. The van der Waals surface area contributed by atoms with Gasteiger partial charge in [-0.3, -0.25) is 0 Å². The number of allylic oxidation sites excluding steroid dienone is 4. The second-order valence-electron chi connectivity index (χ2n) is 2.68. The Balaban J connectivity index is 3.81. The third kappa shape index (κ3) is 5.29. The largest absolute Gasteiger partial charge is 0.308 e. The summed E-state index contributed by atoms with van der Waals surface area (Å²) in [5.41, 5.74) is 0.983. The van der Waals surface area contributed by atoms with Crippen molar-refractivity contribution < 1.29 is 0 Å². The maximum Gasteiger partial charge on any atom is 0.0207 e. The van der Waals surface area contributed by atoms with Crippen molar-refractivity contribution in [3.05, 3.63) is 23.8 Å². The van der Waals surface area contributed by atoms with Crippen LogP contribution in [-0.4, -0.2) is 6.21 Å². The van der Waals surface area contributed by atoms with Gasteiger partial charge in [0.25, 0.3) is 0 Å². The van der Waals surface area contributed by atoms with Gasteiger partial charge < -0.3 is 5.41 Å². The van der Waals surface area contributed by atoms with Crippen LogP contribution in [0.2, 0.25) is 0 Å². The van der Waals surface area contributed by atoms with Crippen LogP contribution in [0.4, 0.5) is 0 Å². The molecule has 10 heavy (non-hydrogen) atoms. The summed E-state index contributed by atoms with van der Waals surface area (Å²) < 4.78 is 0. The summed E-state index contributed by atoms with van der Waals surface area (Å²) in [6.07, 6.45) is 7.38. The molecule has 0 fully saturated rings. The molecule has 0 bridgehead atoms. The molecule has 0 amide bonds. The molecule has 0 aromatic heterocycles. The van der Waals surface area contributed by atoms with Gasteiger partial charge in [0, 0.05) is 6.21 Å². The second kappa shape index (κ2) is 4.98. The van der Waals surface area contributed by atoms with Crippen LogP contribution in [0, 0.1) is 11.3 Å². The molecule has 1 heteroatoms. The predicted molar refractivity (Wildman–Crippen MR) is 46.5 cm³/mol. The average molecular weight is 137 g/mol. The van der Waals surface area contributed by atoms with Crippen molar-refractivity contribution in [1.82, 2.24) is 0 Å². The van der Waals surface area contributed by atoms with Gasteiger partial charge in [0.15, 0.2) is 0 Å². The topological polar surface area (TPSA) is 23.9 Å². The zero-order valence-electron chi connectivity index (χ0n) is 6.89. The lowest BCUT2D eigenvalue weighted by atomic mass is 10.2. The fourth-order valence-electron chi connectivity index (χ4n) is 0.478. The van der Waals surface area contributed by atoms with Gasteiger partial charge in [-0.2, -0.15) is 0 Å². The zero-order chi connectivity index (χ0) is 7.98. The van der Waals surface area contributed by atoms with Crippen LogP contribution < -0.4 is 0 Å². The summed E-state index contributed by atoms with van der Waals surface area (Å²) in [4.78, 5) is 0. The maximum atomic E-state index is 6.87. The molecule has 0 saturated carbocycles. The Morgan fingerprint density at radius 3 is 2.40 bits per heavy atom. The highest BCUT2D eigenvalue weighted by molar-refractivity contribution is 5.75. The lowest BCUT2D eigenvalue weighted by molar-refractivity contribution is 0.832. The summed E-state index contributed by atoms with van der Waals surface area (Å²) in [6.45, 7) is 6.17. The summed E-state index contributed by atoms with van der Waals surface area (Å²) in [5.74, 6) is 0.592. The minimum Gasteiger partial charge on any atom is -0.308 e. The highest BCUT2D eigenvalue weighted by Crippen LogP contribution is 1.95.